The van der Waals surface area contributed by atoms with Crippen molar-refractivity contribution in [1.82, 2.24) is 9.97 Å². The first-order valence-corrected chi connectivity index (χ1v) is 8.33. The molecule has 0 aliphatic carbocycles. The van der Waals surface area contributed by atoms with E-state index >= 15 is 0 Å². The summed E-state index contributed by atoms with van der Waals surface area (Å²) in [6.07, 6.45) is -4.81. The molecule has 0 spiro atoms. The van der Waals surface area contributed by atoms with Crippen LogP contribution in [0.4, 0.5) is 30.6 Å². The smallest absolute Gasteiger partial charge is 0.406 e. The topological polar surface area (TPSA) is 102 Å². The Balaban J connectivity index is 1.91. The van der Waals surface area contributed by atoms with Gasteiger partial charge in [0.25, 0.3) is 5.91 Å². The molecule has 0 saturated heterocycles. The van der Waals surface area contributed by atoms with Gasteiger partial charge in [-0.05, 0) is 30.3 Å². The molecule has 7 nitrogen and oxygen atoms in total. The van der Waals surface area contributed by atoms with Gasteiger partial charge in [0.1, 0.15) is 11.6 Å². The van der Waals surface area contributed by atoms with Crippen molar-refractivity contribution in [3.05, 3.63) is 60.2 Å². The Bertz CT molecular complexity index is 1040. The first-order valence-electron chi connectivity index (χ1n) is 8.33. The number of ether oxygens (including phenoxy) is 1. The molecule has 1 heterocycles. The lowest BCUT2D eigenvalue weighted by Crippen LogP contribution is -2.17. The van der Waals surface area contributed by atoms with Gasteiger partial charge in [0.2, 0.25) is 5.95 Å². The van der Waals surface area contributed by atoms with E-state index in [1.807, 2.05) is 0 Å². The van der Waals surface area contributed by atoms with Crippen LogP contribution in [0.5, 0.6) is 5.75 Å². The second-order valence-corrected chi connectivity index (χ2v) is 5.87. The predicted octanol–water partition coefficient (Wildman–Crippen LogP) is 3.92. The van der Waals surface area contributed by atoms with Crippen LogP contribution in [-0.2, 0) is 0 Å². The highest BCUT2D eigenvalue weighted by molar-refractivity contribution is 6.04. The minimum atomic E-state index is -4.81. The number of aromatic nitrogens is 2. The normalized spacial score (nSPS) is 11.0. The summed E-state index contributed by atoms with van der Waals surface area (Å²) in [5.74, 6) is -0.496. The Morgan fingerprint density at radius 1 is 1.07 bits per heavy atom. The SMILES string of the molecule is CNc1nc(NC(=O)c2cccc(N)c2)cc(-c2cccc(OC(F)(F)F)c2)n1. The molecule has 0 atom stereocenters. The Labute approximate surface area is 163 Å². The molecule has 3 rings (SSSR count). The van der Waals surface area contributed by atoms with Gasteiger partial charge in [-0.15, -0.1) is 13.2 Å². The Hall–Kier alpha value is -3.82. The third kappa shape index (κ3) is 5.34. The van der Waals surface area contributed by atoms with Gasteiger partial charge in [-0.2, -0.15) is 4.98 Å². The number of anilines is 3. The lowest BCUT2D eigenvalue weighted by atomic mass is 10.1. The van der Waals surface area contributed by atoms with Crippen LogP contribution in [0.2, 0.25) is 0 Å². The number of nitrogens with one attached hydrogen (secondary N) is 2. The number of benzene rings is 2. The van der Waals surface area contributed by atoms with Crippen molar-refractivity contribution in [2.75, 3.05) is 23.4 Å². The van der Waals surface area contributed by atoms with Crippen LogP contribution in [0.25, 0.3) is 11.3 Å². The molecular formula is C19H16F3N5O2. The molecule has 0 saturated carbocycles. The van der Waals surface area contributed by atoms with Gasteiger partial charge >= 0.3 is 6.36 Å². The molecule has 10 heteroatoms. The fourth-order valence-corrected chi connectivity index (χ4v) is 2.49. The van der Waals surface area contributed by atoms with Crippen LogP contribution in [-0.4, -0.2) is 29.3 Å². The van der Waals surface area contributed by atoms with Crippen LogP contribution < -0.4 is 21.1 Å². The average molecular weight is 403 g/mol. The van der Waals surface area contributed by atoms with Crippen molar-refractivity contribution in [1.29, 1.82) is 0 Å². The lowest BCUT2D eigenvalue weighted by molar-refractivity contribution is -0.274. The van der Waals surface area contributed by atoms with E-state index < -0.39 is 12.3 Å². The summed E-state index contributed by atoms with van der Waals surface area (Å²) in [5.41, 5.74) is 7.09. The highest BCUT2D eigenvalue weighted by Gasteiger charge is 2.31. The largest absolute Gasteiger partial charge is 0.573 e. The Kier molecular flexibility index (Phi) is 5.53. The van der Waals surface area contributed by atoms with E-state index in [2.05, 4.69) is 25.3 Å². The molecular weight excluding hydrogens is 387 g/mol. The van der Waals surface area contributed by atoms with Gasteiger partial charge in [-0.1, -0.05) is 18.2 Å². The molecule has 1 aromatic heterocycles. The van der Waals surface area contributed by atoms with Crippen LogP contribution in [0.3, 0.4) is 0 Å². The van der Waals surface area contributed by atoms with Crippen LogP contribution in [0, 0.1) is 0 Å². The maximum atomic E-state index is 12.5. The summed E-state index contributed by atoms with van der Waals surface area (Å²) in [4.78, 5) is 20.8. The molecule has 150 valence electrons. The van der Waals surface area contributed by atoms with Crippen LogP contribution >= 0.6 is 0 Å². The molecule has 0 radical (unpaired) electrons. The number of nitrogens with zero attached hydrogens (tertiary/aromatic N) is 2. The first-order chi connectivity index (χ1) is 13.7. The first kappa shape index (κ1) is 19.9. The van der Waals surface area contributed by atoms with Crippen molar-refractivity contribution < 1.29 is 22.7 Å². The number of hydrogen-bond acceptors (Lipinski definition) is 6. The number of alkyl halides is 3. The molecule has 0 aliphatic heterocycles. The minimum Gasteiger partial charge on any atom is -0.406 e. The second-order valence-electron chi connectivity index (χ2n) is 5.87. The van der Waals surface area contributed by atoms with E-state index in [1.165, 1.54) is 30.3 Å². The molecule has 3 aromatic rings. The van der Waals surface area contributed by atoms with Crippen molar-refractivity contribution in [2.24, 2.45) is 0 Å². The van der Waals surface area contributed by atoms with E-state index in [4.69, 9.17) is 5.73 Å². The number of nitrogen functional groups attached to an aromatic ring is 1. The summed E-state index contributed by atoms with van der Waals surface area (Å²) < 4.78 is 41.4. The lowest BCUT2D eigenvalue weighted by Gasteiger charge is -2.12. The van der Waals surface area contributed by atoms with E-state index in [-0.39, 0.29) is 17.5 Å². The zero-order valence-corrected chi connectivity index (χ0v) is 15.1. The quantitative estimate of drug-likeness (QED) is 0.558. The number of halogens is 3. The van der Waals surface area contributed by atoms with Gasteiger partial charge in [0, 0.05) is 29.9 Å². The summed E-state index contributed by atoms with van der Waals surface area (Å²) in [6, 6.07) is 13.2. The zero-order chi connectivity index (χ0) is 21.0. The highest BCUT2D eigenvalue weighted by atomic mass is 19.4. The molecule has 0 bridgehead atoms. The summed E-state index contributed by atoms with van der Waals surface area (Å²) in [6.45, 7) is 0. The van der Waals surface area contributed by atoms with Crippen molar-refractivity contribution in [3.8, 4) is 17.0 Å². The van der Waals surface area contributed by atoms with E-state index in [0.29, 0.717) is 22.5 Å². The summed E-state index contributed by atoms with van der Waals surface area (Å²) in [5, 5.41) is 5.37. The fraction of sp³-hybridized carbons (Fsp3) is 0.105. The number of rotatable bonds is 5. The van der Waals surface area contributed by atoms with Crippen molar-refractivity contribution in [2.45, 2.75) is 6.36 Å². The molecule has 0 aliphatic rings. The van der Waals surface area contributed by atoms with Gasteiger partial charge in [0.05, 0.1) is 5.69 Å². The number of amides is 1. The van der Waals surface area contributed by atoms with Crippen molar-refractivity contribution >= 4 is 23.4 Å². The Morgan fingerprint density at radius 3 is 2.52 bits per heavy atom. The van der Waals surface area contributed by atoms with Gasteiger partial charge in [-0.3, -0.25) is 4.79 Å². The number of nitrogens with two attached hydrogens (primary N) is 1. The fourth-order valence-electron chi connectivity index (χ4n) is 2.49. The average Bonchev–Trinajstić information content (AvgIpc) is 2.66. The number of carbonyl (C=O) groups is 1. The predicted molar refractivity (Wildman–Crippen MR) is 103 cm³/mol. The van der Waals surface area contributed by atoms with E-state index in [9.17, 15) is 18.0 Å². The molecule has 0 fully saturated rings. The molecule has 4 N–H and O–H groups in total. The molecule has 2 aromatic carbocycles. The molecule has 29 heavy (non-hydrogen) atoms. The number of carbonyl (C=O) groups excluding carboxylic acids is 1. The van der Waals surface area contributed by atoms with Crippen molar-refractivity contribution in [3.63, 3.8) is 0 Å². The zero-order valence-electron chi connectivity index (χ0n) is 15.1. The summed E-state index contributed by atoms with van der Waals surface area (Å²) in [7, 11) is 1.58. The Morgan fingerprint density at radius 2 is 1.83 bits per heavy atom. The van der Waals surface area contributed by atoms with Gasteiger partial charge in [-0.25, -0.2) is 4.98 Å². The third-order valence-corrected chi connectivity index (χ3v) is 3.70. The second kappa shape index (κ2) is 8.05. The van der Waals surface area contributed by atoms with Crippen LogP contribution in [0.1, 0.15) is 10.4 Å². The van der Waals surface area contributed by atoms with E-state index in [0.717, 1.165) is 0 Å². The molecule has 1 amide bonds. The number of hydrogen-bond donors (Lipinski definition) is 3. The van der Waals surface area contributed by atoms with E-state index in [1.54, 1.807) is 31.3 Å². The van der Waals surface area contributed by atoms with Crippen LogP contribution in [0.15, 0.2) is 54.6 Å². The maximum absolute atomic E-state index is 12.5. The van der Waals surface area contributed by atoms with Gasteiger partial charge in [0.15, 0.2) is 0 Å². The monoisotopic (exact) mass is 403 g/mol. The maximum Gasteiger partial charge on any atom is 0.573 e. The highest BCUT2D eigenvalue weighted by Crippen LogP contribution is 2.28. The minimum absolute atomic E-state index is 0.161. The summed E-state index contributed by atoms with van der Waals surface area (Å²) >= 11 is 0. The third-order valence-electron chi connectivity index (χ3n) is 3.70. The molecule has 0 unspecified atom stereocenters. The van der Waals surface area contributed by atoms with Gasteiger partial charge < -0.3 is 21.1 Å². The standard InChI is InChI=1S/C19H16F3N5O2/c1-24-18-25-15(11-4-3-7-14(9-11)29-19(20,21)22)10-16(27-18)26-17(28)12-5-2-6-13(23)8-12/h2-10H,23H2,1H3,(H2,24,25,26,27,28).